The molecule has 1 fully saturated rings. The van der Waals surface area contributed by atoms with E-state index in [9.17, 15) is 9.59 Å². The fraction of sp³-hybridized carbons (Fsp3) is 0.182. The molecular formula is C22H20N4O3. The van der Waals surface area contributed by atoms with E-state index >= 15 is 0 Å². The van der Waals surface area contributed by atoms with Crippen LogP contribution in [0.5, 0.6) is 11.6 Å². The van der Waals surface area contributed by atoms with Crippen LogP contribution in [-0.4, -0.2) is 39.8 Å². The number of hydrogen-bond donors (Lipinski definition) is 1. The van der Waals surface area contributed by atoms with Crippen LogP contribution in [0, 0.1) is 6.92 Å². The van der Waals surface area contributed by atoms with Gasteiger partial charge in [-0.1, -0.05) is 42.5 Å². The molecule has 1 unspecified atom stereocenters. The van der Waals surface area contributed by atoms with Gasteiger partial charge in [0.15, 0.2) is 0 Å². The van der Waals surface area contributed by atoms with Crippen molar-refractivity contribution >= 4 is 11.8 Å². The quantitative estimate of drug-likeness (QED) is 0.743. The van der Waals surface area contributed by atoms with E-state index in [2.05, 4.69) is 15.3 Å². The van der Waals surface area contributed by atoms with Gasteiger partial charge in [-0.3, -0.25) is 9.59 Å². The van der Waals surface area contributed by atoms with Gasteiger partial charge in [-0.25, -0.2) is 9.97 Å². The van der Waals surface area contributed by atoms with Crippen LogP contribution in [0.3, 0.4) is 0 Å². The zero-order valence-electron chi connectivity index (χ0n) is 15.9. The summed E-state index contributed by atoms with van der Waals surface area (Å²) in [5.41, 5.74) is 1.92. The van der Waals surface area contributed by atoms with Crippen molar-refractivity contribution < 1.29 is 14.3 Å². The smallest absolute Gasteiger partial charge is 0.275 e. The summed E-state index contributed by atoms with van der Waals surface area (Å²) < 4.78 is 5.62. The van der Waals surface area contributed by atoms with Gasteiger partial charge < -0.3 is 15.0 Å². The molecule has 7 heteroatoms. The van der Waals surface area contributed by atoms with Gasteiger partial charge in [0.2, 0.25) is 11.8 Å². The number of aryl methyl sites for hydroxylation is 1. The van der Waals surface area contributed by atoms with Crippen molar-refractivity contribution in [1.29, 1.82) is 0 Å². The van der Waals surface area contributed by atoms with Crippen molar-refractivity contribution in [3.63, 3.8) is 0 Å². The zero-order valence-corrected chi connectivity index (χ0v) is 15.9. The summed E-state index contributed by atoms with van der Waals surface area (Å²) in [6, 6.07) is 16.1. The Hall–Kier alpha value is -3.74. The molecule has 3 aromatic rings. The van der Waals surface area contributed by atoms with E-state index in [4.69, 9.17) is 4.74 Å². The second kappa shape index (κ2) is 8.10. The highest BCUT2D eigenvalue weighted by atomic mass is 16.5. The molecule has 1 atom stereocenters. The minimum absolute atomic E-state index is 0.165. The van der Waals surface area contributed by atoms with Gasteiger partial charge in [-0.05, 0) is 30.2 Å². The second-order valence-electron chi connectivity index (χ2n) is 6.70. The first-order valence-corrected chi connectivity index (χ1v) is 9.32. The number of ether oxygens (including phenoxy) is 1. The Morgan fingerprint density at radius 3 is 2.55 bits per heavy atom. The van der Waals surface area contributed by atoms with Gasteiger partial charge in [0.1, 0.15) is 17.5 Å². The molecule has 7 nitrogen and oxygen atoms in total. The van der Waals surface area contributed by atoms with Gasteiger partial charge >= 0.3 is 0 Å². The lowest BCUT2D eigenvalue weighted by atomic mass is 9.97. The summed E-state index contributed by atoms with van der Waals surface area (Å²) in [6.45, 7) is 2.72. The van der Waals surface area contributed by atoms with Gasteiger partial charge in [0, 0.05) is 13.1 Å². The molecule has 1 N–H and O–H groups in total. The molecule has 146 valence electrons. The van der Waals surface area contributed by atoms with Crippen LogP contribution in [0.25, 0.3) is 0 Å². The van der Waals surface area contributed by atoms with Crippen molar-refractivity contribution in [2.45, 2.75) is 13.0 Å². The van der Waals surface area contributed by atoms with Crippen molar-refractivity contribution in [3.05, 3.63) is 83.8 Å². The summed E-state index contributed by atoms with van der Waals surface area (Å²) in [5.74, 6) is 0.385. The van der Waals surface area contributed by atoms with Gasteiger partial charge in [0.05, 0.1) is 12.4 Å². The molecular weight excluding hydrogens is 368 g/mol. The number of piperazine rings is 1. The molecule has 2 aromatic carbocycles. The maximum absolute atomic E-state index is 13.1. The third-order valence-corrected chi connectivity index (χ3v) is 4.77. The Kier molecular flexibility index (Phi) is 5.20. The highest BCUT2D eigenvalue weighted by Crippen LogP contribution is 2.27. The molecule has 1 aliphatic rings. The normalized spacial score (nSPS) is 16.2. The van der Waals surface area contributed by atoms with Crippen molar-refractivity contribution in [1.82, 2.24) is 20.2 Å². The predicted octanol–water partition coefficient (Wildman–Crippen LogP) is 2.89. The fourth-order valence-electron chi connectivity index (χ4n) is 3.32. The largest absolute Gasteiger partial charge is 0.438 e. The maximum Gasteiger partial charge on any atom is 0.275 e. The first-order chi connectivity index (χ1) is 14.1. The number of carbonyl (C=O) groups excluding carboxylic acids is 2. The summed E-state index contributed by atoms with van der Waals surface area (Å²) >= 11 is 0. The molecule has 4 rings (SSSR count). The summed E-state index contributed by atoms with van der Waals surface area (Å²) in [4.78, 5) is 35.7. The Morgan fingerprint density at radius 1 is 1.07 bits per heavy atom. The zero-order chi connectivity index (χ0) is 20.2. The average molecular weight is 388 g/mol. The highest BCUT2D eigenvalue weighted by molar-refractivity contribution is 5.97. The minimum Gasteiger partial charge on any atom is -0.438 e. The van der Waals surface area contributed by atoms with Gasteiger partial charge in [-0.2, -0.15) is 0 Å². The molecule has 0 saturated carbocycles. The lowest BCUT2D eigenvalue weighted by Gasteiger charge is -2.35. The van der Waals surface area contributed by atoms with Crippen LogP contribution in [0.4, 0.5) is 0 Å². The van der Waals surface area contributed by atoms with E-state index in [0.29, 0.717) is 24.7 Å². The Balaban J connectivity index is 1.57. The standard InChI is InChI=1S/C22H20N4O3/c1-15-7-5-6-10-17(15)20-21(27)23-11-12-26(20)22(28)18-13-25-19(14-24-18)29-16-8-3-2-4-9-16/h2-10,13-14,20H,11-12H2,1H3,(H,23,27). The first-order valence-electron chi connectivity index (χ1n) is 9.32. The van der Waals surface area contributed by atoms with E-state index in [1.165, 1.54) is 12.4 Å². The van der Waals surface area contributed by atoms with E-state index in [0.717, 1.165) is 11.1 Å². The van der Waals surface area contributed by atoms with E-state index in [-0.39, 0.29) is 17.5 Å². The van der Waals surface area contributed by atoms with Crippen LogP contribution in [0.2, 0.25) is 0 Å². The number of rotatable bonds is 4. The van der Waals surface area contributed by atoms with Crippen LogP contribution in [0.15, 0.2) is 67.0 Å². The van der Waals surface area contributed by atoms with Crippen molar-refractivity contribution in [2.24, 2.45) is 0 Å². The lowest BCUT2D eigenvalue weighted by Crippen LogP contribution is -2.52. The van der Waals surface area contributed by atoms with Crippen LogP contribution in [0.1, 0.15) is 27.7 Å². The third-order valence-electron chi connectivity index (χ3n) is 4.77. The highest BCUT2D eigenvalue weighted by Gasteiger charge is 2.36. The topological polar surface area (TPSA) is 84.4 Å². The van der Waals surface area contributed by atoms with Crippen LogP contribution >= 0.6 is 0 Å². The third kappa shape index (κ3) is 3.94. The summed E-state index contributed by atoms with van der Waals surface area (Å²) in [6.07, 6.45) is 2.79. The Bertz CT molecular complexity index is 1020. The number of nitrogens with one attached hydrogen (secondary N) is 1. The van der Waals surface area contributed by atoms with Crippen LogP contribution < -0.4 is 10.1 Å². The number of para-hydroxylation sites is 1. The second-order valence-corrected chi connectivity index (χ2v) is 6.70. The molecule has 0 spiro atoms. The Labute approximate surface area is 168 Å². The van der Waals surface area contributed by atoms with Gasteiger partial charge in [-0.15, -0.1) is 0 Å². The van der Waals surface area contributed by atoms with E-state index in [1.54, 1.807) is 17.0 Å². The number of aromatic nitrogens is 2. The van der Waals surface area contributed by atoms with Crippen molar-refractivity contribution in [2.75, 3.05) is 13.1 Å². The Morgan fingerprint density at radius 2 is 1.83 bits per heavy atom. The van der Waals surface area contributed by atoms with E-state index < -0.39 is 6.04 Å². The molecule has 1 aliphatic heterocycles. The molecule has 1 saturated heterocycles. The number of carbonyl (C=O) groups is 2. The molecule has 0 radical (unpaired) electrons. The SMILES string of the molecule is Cc1ccccc1C1C(=O)NCCN1C(=O)c1cnc(Oc2ccccc2)cn1. The monoisotopic (exact) mass is 388 g/mol. The number of benzene rings is 2. The average Bonchev–Trinajstić information content (AvgIpc) is 2.75. The van der Waals surface area contributed by atoms with Gasteiger partial charge in [0.25, 0.3) is 5.91 Å². The maximum atomic E-state index is 13.1. The molecule has 2 amide bonds. The molecule has 0 bridgehead atoms. The number of hydrogen-bond acceptors (Lipinski definition) is 5. The number of nitrogens with zero attached hydrogens (tertiary/aromatic N) is 3. The summed E-state index contributed by atoms with van der Waals surface area (Å²) in [7, 11) is 0. The summed E-state index contributed by atoms with van der Waals surface area (Å²) in [5, 5.41) is 2.84. The van der Waals surface area contributed by atoms with Crippen LogP contribution in [-0.2, 0) is 4.79 Å². The first kappa shape index (κ1) is 18.6. The predicted molar refractivity (Wildman–Crippen MR) is 107 cm³/mol. The minimum atomic E-state index is -0.695. The number of amides is 2. The molecule has 2 heterocycles. The fourth-order valence-corrected chi connectivity index (χ4v) is 3.32. The molecule has 1 aromatic heterocycles. The van der Waals surface area contributed by atoms with Crippen molar-refractivity contribution in [3.8, 4) is 11.6 Å². The molecule has 29 heavy (non-hydrogen) atoms. The lowest BCUT2D eigenvalue weighted by molar-refractivity contribution is -0.128. The van der Waals surface area contributed by atoms with E-state index in [1.807, 2.05) is 49.4 Å². The molecule has 0 aliphatic carbocycles.